The van der Waals surface area contributed by atoms with E-state index in [0.29, 0.717) is 21.8 Å². The van der Waals surface area contributed by atoms with Crippen molar-refractivity contribution in [3.8, 4) is 27.6 Å². The summed E-state index contributed by atoms with van der Waals surface area (Å²) in [4.78, 5) is 4.19. The normalized spacial score (nSPS) is 11.9. The highest BCUT2D eigenvalue weighted by Gasteiger charge is 2.31. The molecule has 11 heteroatoms. The Balaban J connectivity index is 1.61. The van der Waals surface area contributed by atoms with E-state index < -0.39 is 28.0 Å². The van der Waals surface area contributed by atoms with Crippen molar-refractivity contribution < 1.29 is 30.7 Å². The van der Waals surface area contributed by atoms with Crippen molar-refractivity contribution in [2.24, 2.45) is 0 Å². The van der Waals surface area contributed by atoms with Crippen LogP contribution in [0.25, 0.3) is 21.8 Å². The predicted octanol–water partition coefficient (Wildman–Crippen LogP) is 6.32. The van der Waals surface area contributed by atoms with Crippen molar-refractivity contribution in [1.29, 1.82) is 0 Å². The van der Waals surface area contributed by atoms with Crippen LogP contribution in [-0.2, 0) is 10.0 Å². The molecule has 5 nitrogen and oxygen atoms in total. The lowest BCUT2D eigenvalue weighted by Crippen LogP contribution is -2.17. The first-order chi connectivity index (χ1) is 15.6. The van der Waals surface area contributed by atoms with Gasteiger partial charge in [0.25, 0.3) is 10.0 Å². The second-order valence-electron chi connectivity index (χ2n) is 6.69. The maximum absolute atomic E-state index is 14.1. The molecule has 0 saturated carbocycles. The quantitative estimate of drug-likeness (QED) is 0.319. The third-order valence-corrected chi connectivity index (χ3v) is 6.68. The number of rotatable bonds is 6. The third kappa shape index (κ3) is 5.32. The standard InChI is InChI=1S/C22H14F4N2O3S2/c23-18-7-3-1-5-16(18)21-27-20(13-32-21)17-6-2-4-8-19(17)28-33(29,30)15-11-9-14(10-12-15)31-22(24,25)26/h1-13,28H. The molecule has 0 aliphatic rings. The predicted molar refractivity (Wildman–Crippen MR) is 117 cm³/mol. The number of anilines is 1. The summed E-state index contributed by atoms with van der Waals surface area (Å²) < 4.78 is 82.9. The van der Waals surface area contributed by atoms with E-state index in [4.69, 9.17) is 0 Å². The lowest BCUT2D eigenvalue weighted by atomic mass is 10.1. The lowest BCUT2D eigenvalue weighted by molar-refractivity contribution is -0.274. The molecule has 0 spiro atoms. The van der Waals surface area contributed by atoms with Crippen LogP contribution in [0.15, 0.2) is 83.1 Å². The minimum atomic E-state index is -4.88. The molecule has 0 amide bonds. The van der Waals surface area contributed by atoms with Gasteiger partial charge in [-0.1, -0.05) is 30.3 Å². The molecular formula is C22H14F4N2O3S2. The van der Waals surface area contributed by atoms with Crippen LogP contribution in [0.1, 0.15) is 0 Å². The Bertz CT molecular complexity index is 1390. The smallest absolute Gasteiger partial charge is 0.406 e. The van der Waals surface area contributed by atoms with Gasteiger partial charge in [-0.05, 0) is 42.5 Å². The number of hydrogen-bond donors (Lipinski definition) is 1. The van der Waals surface area contributed by atoms with Gasteiger partial charge in [-0.25, -0.2) is 17.8 Å². The zero-order chi connectivity index (χ0) is 23.6. The van der Waals surface area contributed by atoms with Gasteiger partial charge in [0.05, 0.1) is 16.3 Å². The zero-order valence-corrected chi connectivity index (χ0v) is 18.1. The number of halogens is 4. The summed E-state index contributed by atoms with van der Waals surface area (Å²) in [6, 6.07) is 16.5. The van der Waals surface area contributed by atoms with Crippen molar-refractivity contribution >= 4 is 27.0 Å². The van der Waals surface area contributed by atoms with E-state index in [0.717, 1.165) is 24.3 Å². The van der Waals surface area contributed by atoms with Crippen LogP contribution < -0.4 is 9.46 Å². The summed E-state index contributed by atoms with van der Waals surface area (Å²) in [5.41, 5.74) is 1.42. The van der Waals surface area contributed by atoms with E-state index >= 15 is 0 Å². The number of hydrogen-bond acceptors (Lipinski definition) is 5. The topological polar surface area (TPSA) is 68.3 Å². The van der Waals surface area contributed by atoms with Gasteiger partial charge in [-0.2, -0.15) is 0 Å². The van der Waals surface area contributed by atoms with E-state index in [2.05, 4.69) is 14.4 Å². The van der Waals surface area contributed by atoms with E-state index in [9.17, 15) is 26.0 Å². The number of alkyl halides is 3. The van der Waals surface area contributed by atoms with Gasteiger partial charge >= 0.3 is 6.36 Å². The van der Waals surface area contributed by atoms with Gasteiger partial charge in [-0.15, -0.1) is 24.5 Å². The minimum absolute atomic E-state index is 0.207. The largest absolute Gasteiger partial charge is 0.573 e. The summed E-state index contributed by atoms with van der Waals surface area (Å²) >= 11 is 1.21. The maximum atomic E-state index is 14.1. The first kappa shape index (κ1) is 22.7. The van der Waals surface area contributed by atoms with E-state index in [1.54, 1.807) is 41.8 Å². The van der Waals surface area contributed by atoms with E-state index in [1.165, 1.54) is 23.5 Å². The Morgan fingerprint density at radius 2 is 1.52 bits per heavy atom. The summed E-state index contributed by atoms with van der Waals surface area (Å²) in [7, 11) is -4.13. The molecule has 1 aromatic heterocycles. The Morgan fingerprint density at radius 1 is 0.879 bits per heavy atom. The molecule has 0 bridgehead atoms. The summed E-state index contributed by atoms with van der Waals surface area (Å²) in [6.45, 7) is 0. The van der Waals surface area contributed by atoms with Crippen LogP contribution >= 0.6 is 11.3 Å². The Morgan fingerprint density at radius 3 is 2.18 bits per heavy atom. The van der Waals surface area contributed by atoms with Crippen molar-refractivity contribution in [3.63, 3.8) is 0 Å². The molecule has 1 heterocycles. The van der Waals surface area contributed by atoms with Crippen molar-refractivity contribution in [2.45, 2.75) is 11.3 Å². The average molecular weight is 494 g/mol. The highest BCUT2D eigenvalue weighted by Crippen LogP contribution is 2.34. The number of thiazole rings is 1. The number of para-hydroxylation sites is 1. The van der Waals surface area contributed by atoms with Gasteiger partial charge in [0.2, 0.25) is 0 Å². The molecule has 33 heavy (non-hydrogen) atoms. The fourth-order valence-electron chi connectivity index (χ4n) is 2.98. The highest BCUT2D eigenvalue weighted by atomic mass is 32.2. The van der Waals surface area contributed by atoms with Crippen LogP contribution in [-0.4, -0.2) is 19.8 Å². The number of aromatic nitrogens is 1. The Labute approximate surface area is 190 Å². The molecule has 0 aliphatic carbocycles. The molecule has 4 aromatic rings. The second kappa shape index (κ2) is 8.83. The fraction of sp³-hybridized carbons (Fsp3) is 0.0455. The van der Waals surface area contributed by atoms with Crippen molar-refractivity contribution in [3.05, 3.63) is 84.0 Å². The molecule has 170 valence electrons. The Kier molecular flexibility index (Phi) is 6.09. The molecule has 0 saturated heterocycles. The number of nitrogens with zero attached hydrogens (tertiary/aromatic N) is 1. The van der Waals surface area contributed by atoms with Gasteiger partial charge in [0.15, 0.2) is 0 Å². The number of sulfonamides is 1. The van der Waals surface area contributed by atoms with Gasteiger partial charge in [-0.3, -0.25) is 4.72 Å². The van der Waals surface area contributed by atoms with Crippen LogP contribution in [0.5, 0.6) is 5.75 Å². The third-order valence-electron chi connectivity index (χ3n) is 4.42. The van der Waals surface area contributed by atoms with Crippen molar-refractivity contribution in [2.75, 3.05) is 4.72 Å². The number of ether oxygens (including phenoxy) is 1. The monoisotopic (exact) mass is 494 g/mol. The number of benzene rings is 3. The summed E-state index contributed by atoms with van der Waals surface area (Å²) in [5.74, 6) is -0.963. The van der Waals surface area contributed by atoms with E-state index in [-0.39, 0.29) is 10.6 Å². The summed E-state index contributed by atoms with van der Waals surface area (Å²) in [5, 5.41) is 2.11. The lowest BCUT2D eigenvalue weighted by Gasteiger charge is -2.12. The molecule has 1 N–H and O–H groups in total. The number of nitrogens with one attached hydrogen (secondary N) is 1. The van der Waals surface area contributed by atoms with Crippen LogP contribution in [0.4, 0.5) is 23.2 Å². The van der Waals surface area contributed by atoms with E-state index in [1.807, 2.05) is 0 Å². The second-order valence-corrected chi connectivity index (χ2v) is 9.23. The molecule has 0 radical (unpaired) electrons. The highest BCUT2D eigenvalue weighted by molar-refractivity contribution is 7.92. The SMILES string of the molecule is O=S(=O)(Nc1ccccc1-c1csc(-c2ccccc2F)n1)c1ccc(OC(F)(F)F)cc1. The first-order valence-corrected chi connectivity index (χ1v) is 11.7. The average Bonchev–Trinajstić information content (AvgIpc) is 3.23. The fourth-order valence-corrected chi connectivity index (χ4v) is 4.90. The first-order valence-electron chi connectivity index (χ1n) is 9.31. The molecular weight excluding hydrogens is 480 g/mol. The van der Waals surface area contributed by atoms with Crippen LogP contribution in [0.2, 0.25) is 0 Å². The zero-order valence-electron chi connectivity index (χ0n) is 16.5. The molecule has 0 fully saturated rings. The molecule has 0 unspecified atom stereocenters. The molecule has 0 atom stereocenters. The minimum Gasteiger partial charge on any atom is -0.406 e. The molecule has 3 aromatic carbocycles. The van der Waals surface area contributed by atoms with Crippen molar-refractivity contribution in [1.82, 2.24) is 4.98 Å². The van der Waals surface area contributed by atoms with Gasteiger partial charge in [0.1, 0.15) is 16.6 Å². The van der Waals surface area contributed by atoms with Crippen LogP contribution in [0.3, 0.4) is 0 Å². The molecule has 0 aliphatic heterocycles. The van der Waals surface area contributed by atoms with Gasteiger partial charge in [0, 0.05) is 16.5 Å². The summed E-state index contributed by atoms with van der Waals surface area (Å²) in [6.07, 6.45) is -4.88. The maximum Gasteiger partial charge on any atom is 0.573 e. The Hall–Kier alpha value is -3.44. The molecule has 4 rings (SSSR count). The van der Waals surface area contributed by atoms with Gasteiger partial charge < -0.3 is 4.74 Å². The van der Waals surface area contributed by atoms with Crippen LogP contribution in [0, 0.1) is 5.82 Å².